The number of nitrogens with two attached hydrogens (primary N) is 1. The summed E-state index contributed by atoms with van der Waals surface area (Å²) in [6, 6.07) is 12.0. The van der Waals surface area contributed by atoms with E-state index in [9.17, 15) is 14.0 Å². The molecule has 0 unspecified atom stereocenters. The summed E-state index contributed by atoms with van der Waals surface area (Å²) in [5, 5.41) is 2.59. The van der Waals surface area contributed by atoms with Gasteiger partial charge in [-0.25, -0.2) is 4.39 Å². The highest BCUT2D eigenvalue weighted by Gasteiger charge is 2.10. The zero-order valence-electron chi connectivity index (χ0n) is 12.8. The highest BCUT2D eigenvalue weighted by atomic mass is 19.1. The summed E-state index contributed by atoms with van der Waals surface area (Å²) in [5.74, 6) is -1.18. The fourth-order valence-electron chi connectivity index (χ4n) is 1.89. The van der Waals surface area contributed by atoms with Gasteiger partial charge in [-0.2, -0.15) is 0 Å². The second-order valence-electron chi connectivity index (χ2n) is 5.00. The van der Waals surface area contributed by atoms with Crippen LogP contribution in [0.25, 0.3) is 0 Å². The summed E-state index contributed by atoms with van der Waals surface area (Å²) in [4.78, 5) is 23.8. The number of hydrazine groups is 1. The van der Waals surface area contributed by atoms with E-state index in [4.69, 9.17) is 5.73 Å². The van der Waals surface area contributed by atoms with Crippen LogP contribution in [0.3, 0.4) is 0 Å². The van der Waals surface area contributed by atoms with Crippen molar-refractivity contribution in [3.05, 3.63) is 72.2 Å². The zero-order valence-corrected chi connectivity index (χ0v) is 12.8. The average Bonchev–Trinajstić information content (AvgIpc) is 2.55. The largest absolute Gasteiger partial charge is 0.398 e. The van der Waals surface area contributed by atoms with E-state index in [1.807, 2.05) is 0 Å². The Bertz CT molecular complexity index is 759. The number of para-hydroxylation sites is 1. The predicted molar refractivity (Wildman–Crippen MR) is 90.2 cm³/mol. The van der Waals surface area contributed by atoms with Crippen molar-refractivity contribution >= 4 is 23.2 Å². The number of hydrogen-bond acceptors (Lipinski definition) is 4. The summed E-state index contributed by atoms with van der Waals surface area (Å²) >= 11 is 0. The van der Waals surface area contributed by atoms with Gasteiger partial charge in [0.25, 0.3) is 5.91 Å². The molecule has 0 fully saturated rings. The summed E-state index contributed by atoms with van der Waals surface area (Å²) < 4.78 is 12.8. The number of hydrogen-bond donors (Lipinski definition) is 4. The number of anilines is 2. The molecule has 124 valence electrons. The Hall–Kier alpha value is -3.35. The number of nitrogen functional groups attached to an aromatic ring is 1. The lowest BCUT2D eigenvalue weighted by atomic mass is 10.2. The third kappa shape index (κ3) is 4.84. The predicted octanol–water partition coefficient (Wildman–Crippen LogP) is 2.18. The second-order valence-corrected chi connectivity index (χ2v) is 5.00. The van der Waals surface area contributed by atoms with Crippen molar-refractivity contribution in [2.75, 3.05) is 11.1 Å². The van der Waals surface area contributed by atoms with Gasteiger partial charge in [-0.15, -0.1) is 0 Å². The van der Waals surface area contributed by atoms with Gasteiger partial charge in [-0.05, 0) is 36.4 Å². The van der Waals surface area contributed by atoms with Crippen LogP contribution in [0.1, 0.15) is 16.8 Å². The lowest BCUT2D eigenvalue weighted by Crippen LogP contribution is -2.37. The summed E-state index contributed by atoms with van der Waals surface area (Å²) in [6.07, 6.45) is -0.0675. The number of rotatable bonds is 6. The van der Waals surface area contributed by atoms with Crippen molar-refractivity contribution in [2.24, 2.45) is 0 Å². The molecule has 0 saturated heterocycles. The molecule has 6 nitrogen and oxygen atoms in total. The maximum Gasteiger partial charge on any atom is 0.271 e. The Labute approximate surface area is 138 Å². The standard InChI is InChI=1S/C17H17FN4O2/c1-11(10-16(23)20-13-8-6-12(18)7-9-13)21-22-17(24)14-4-2-3-5-15(14)19/h2-9,21H,1,10,19H2,(H,20,23)(H,22,24). The third-order valence-corrected chi connectivity index (χ3v) is 3.06. The minimum Gasteiger partial charge on any atom is -0.398 e. The molecule has 7 heteroatoms. The van der Waals surface area contributed by atoms with Gasteiger partial charge >= 0.3 is 0 Å². The molecule has 0 aliphatic rings. The van der Waals surface area contributed by atoms with Crippen LogP contribution >= 0.6 is 0 Å². The van der Waals surface area contributed by atoms with E-state index in [-0.39, 0.29) is 23.8 Å². The van der Waals surface area contributed by atoms with E-state index in [0.717, 1.165) is 0 Å². The van der Waals surface area contributed by atoms with Crippen molar-refractivity contribution < 1.29 is 14.0 Å². The molecule has 2 rings (SSSR count). The van der Waals surface area contributed by atoms with Gasteiger partial charge in [-0.3, -0.25) is 15.0 Å². The minimum atomic E-state index is -0.437. The first-order chi connectivity index (χ1) is 11.5. The highest BCUT2D eigenvalue weighted by molar-refractivity contribution is 5.99. The topological polar surface area (TPSA) is 96.2 Å². The molecule has 0 radical (unpaired) electrons. The van der Waals surface area contributed by atoms with Crippen LogP contribution in [0, 0.1) is 5.82 Å². The van der Waals surface area contributed by atoms with Crippen molar-refractivity contribution in [2.45, 2.75) is 6.42 Å². The summed E-state index contributed by atoms with van der Waals surface area (Å²) in [6.45, 7) is 3.66. The fourth-order valence-corrected chi connectivity index (χ4v) is 1.89. The van der Waals surface area contributed by atoms with Crippen molar-refractivity contribution in [1.82, 2.24) is 10.9 Å². The Kier molecular flexibility index (Phi) is 5.51. The third-order valence-electron chi connectivity index (χ3n) is 3.06. The van der Waals surface area contributed by atoms with Crippen molar-refractivity contribution in [3.63, 3.8) is 0 Å². The minimum absolute atomic E-state index is 0.0675. The van der Waals surface area contributed by atoms with E-state index in [0.29, 0.717) is 16.9 Å². The Morgan fingerprint density at radius 3 is 2.38 bits per heavy atom. The van der Waals surface area contributed by atoms with E-state index in [1.165, 1.54) is 24.3 Å². The molecule has 0 heterocycles. The van der Waals surface area contributed by atoms with Gasteiger partial charge in [0.1, 0.15) is 5.82 Å². The van der Waals surface area contributed by atoms with E-state index in [2.05, 4.69) is 22.7 Å². The van der Waals surface area contributed by atoms with E-state index >= 15 is 0 Å². The Balaban J connectivity index is 1.80. The molecule has 2 aromatic rings. The smallest absolute Gasteiger partial charge is 0.271 e. The highest BCUT2D eigenvalue weighted by Crippen LogP contribution is 2.10. The van der Waals surface area contributed by atoms with Gasteiger partial charge in [0.15, 0.2) is 0 Å². The molecule has 0 saturated carbocycles. The quantitative estimate of drug-likeness (QED) is 0.483. The molecule has 0 bridgehead atoms. The molecule has 2 amide bonds. The number of amides is 2. The van der Waals surface area contributed by atoms with Crippen LogP contribution in [0.4, 0.5) is 15.8 Å². The number of nitrogens with one attached hydrogen (secondary N) is 3. The van der Waals surface area contributed by atoms with Gasteiger partial charge < -0.3 is 16.5 Å². The Morgan fingerprint density at radius 2 is 1.71 bits per heavy atom. The van der Waals surface area contributed by atoms with Crippen LogP contribution in [-0.4, -0.2) is 11.8 Å². The first-order valence-electron chi connectivity index (χ1n) is 7.10. The number of carbonyl (C=O) groups is 2. The molecule has 0 aliphatic heterocycles. The molecule has 5 N–H and O–H groups in total. The molecule has 0 aliphatic carbocycles. The maximum absolute atomic E-state index is 12.8. The van der Waals surface area contributed by atoms with Crippen LogP contribution in [0.2, 0.25) is 0 Å². The van der Waals surface area contributed by atoms with Crippen molar-refractivity contribution in [3.8, 4) is 0 Å². The maximum atomic E-state index is 12.8. The zero-order chi connectivity index (χ0) is 17.5. The van der Waals surface area contributed by atoms with E-state index in [1.54, 1.807) is 24.3 Å². The monoisotopic (exact) mass is 328 g/mol. The van der Waals surface area contributed by atoms with E-state index < -0.39 is 5.91 Å². The Morgan fingerprint density at radius 1 is 1.04 bits per heavy atom. The lowest BCUT2D eigenvalue weighted by molar-refractivity contribution is -0.115. The normalized spacial score (nSPS) is 9.88. The average molecular weight is 328 g/mol. The van der Waals surface area contributed by atoms with Crippen LogP contribution in [-0.2, 0) is 4.79 Å². The number of benzene rings is 2. The summed E-state index contributed by atoms with van der Waals surface area (Å²) in [5.41, 5.74) is 12.1. The first-order valence-corrected chi connectivity index (χ1v) is 7.10. The fraction of sp³-hybridized carbons (Fsp3) is 0.0588. The molecule has 2 aromatic carbocycles. The molecule has 0 spiro atoms. The van der Waals surface area contributed by atoms with Gasteiger partial charge in [0.05, 0.1) is 12.0 Å². The van der Waals surface area contributed by atoms with Crippen molar-refractivity contribution in [1.29, 1.82) is 0 Å². The SMILES string of the molecule is C=C(CC(=O)Nc1ccc(F)cc1)NNC(=O)c1ccccc1N. The summed E-state index contributed by atoms with van der Waals surface area (Å²) in [7, 11) is 0. The van der Waals surface area contributed by atoms with Crippen LogP contribution in [0.5, 0.6) is 0 Å². The molecule has 0 atom stereocenters. The molecular formula is C17H17FN4O2. The van der Waals surface area contributed by atoms with Gasteiger partial charge in [0, 0.05) is 17.1 Å². The number of halogens is 1. The molecular weight excluding hydrogens is 311 g/mol. The van der Waals surface area contributed by atoms with Crippen LogP contribution < -0.4 is 21.9 Å². The molecule has 24 heavy (non-hydrogen) atoms. The lowest BCUT2D eigenvalue weighted by Gasteiger charge is -2.12. The second kappa shape index (κ2) is 7.77. The van der Waals surface area contributed by atoms with Crippen LogP contribution in [0.15, 0.2) is 60.8 Å². The van der Waals surface area contributed by atoms with Gasteiger partial charge in [0.2, 0.25) is 5.91 Å². The molecule has 0 aromatic heterocycles. The van der Waals surface area contributed by atoms with Gasteiger partial charge in [-0.1, -0.05) is 18.7 Å². The number of carbonyl (C=O) groups excluding carboxylic acids is 2. The first kappa shape index (κ1) is 17.0.